The first kappa shape index (κ1) is 43.1. The molecule has 1 amide bonds. The van der Waals surface area contributed by atoms with Crippen molar-refractivity contribution in [1.82, 2.24) is 5.32 Å². The maximum atomic E-state index is 12.4. The zero-order valence-electron chi connectivity index (χ0n) is 33.4. The van der Waals surface area contributed by atoms with Crippen LogP contribution in [0.2, 0.25) is 0 Å². The van der Waals surface area contributed by atoms with Gasteiger partial charge in [-0.05, 0) is 44.4 Å². The van der Waals surface area contributed by atoms with Crippen LogP contribution < -0.4 is 16.0 Å². The smallest absolute Gasteiger partial charge is 0.220 e. The number of ether oxygens (including phenoxy) is 5. The normalized spacial score (nSPS) is 16.6. The van der Waals surface area contributed by atoms with Gasteiger partial charge in [0.25, 0.3) is 0 Å². The van der Waals surface area contributed by atoms with E-state index in [1.807, 2.05) is 0 Å². The summed E-state index contributed by atoms with van der Waals surface area (Å²) >= 11 is 0. The monoisotopic (exact) mass is 745 g/mol. The van der Waals surface area contributed by atoms with E-state index in [9.17, 15) is 4.79 Å². The molecule has 3 N–H and O–H groups in total. The van der Waals surface area contributed by atoms with Crippen molar-refractivity contribution < 1.29 is 33.1 Å². The molecule has 0 fully saturated rings. The van der Waals surface area contributed by atoms with E-state index in [2.05, 4.69) is 128 Å². The van der Waals surface area contributed by atoms with Crippen LogP contribution in [0.3, 0.4) is 0 Å². The largest absolute Gasteiger partial charge is 0.378 e. The number of anilines is 1. The Morgan fingerprint density at radius 2 is 1.31 bits per heavy atom. The number of rotatable bonds is 26. The molecule has 2 aromatic rings. The molecule has 10 heteroatoms. The lowest BCUT2D eigenvalue weighted by Crippen LogP contribution is -2.28. The van der Waals surface area contributed by atoms with Gasteiger partial charge in [0.2, 0.25) is 11.6 Å². The van der Waals surface area contributed by atoms with Crippen LogP contribution in [0.5, 0.6) is 0 Å². The highest BCUT2D eigenvalue weighted by Gasteiger charge is 2.42. The van der Waals surface area contributed by atoms with E-state index >= 15 is 0 Å². The van der Waals surface area contributed by atoms with Crippen molar-refractivity contribution in [2.24, 2.45) is 5.73 Å². The average molecular weight is 746 g/mol. The van der Waals surface area contributed by atoms with E-state index in [1.54, 1.807) is 0 Å². The summed E-state index contributed by atoms with van der Waals surface area (Å²) in [6, 6.07) is 17.4. The third kappa shape index (κ3) is 12.4. The standard InChI is InChI=1S/C44H64N4O6/c1-43(2)36-16-11-13-18-38(36)47(5)40(43)20-8-6-9-21-41-44(3,4)37-17-12-14-19-39(37)48(41)25-15-7-10-22-42(49)46-24-27-51-29-31-53-33-35-54-34-32-52-30-28-50-26-23-45/h6,8-9,11-14,16-21H,7,10,15,22-35,45H2,1-5H3/p+1. The predicted octanol–water partition coefficient (Wildman–Crippen LogP) is 6.21. The Hall–Kier alpha value is -3.64. The predicted molar refractivity (Wildman–Crippen MR) is 218 cm³/mol. The molecule has 2 aliphatic rings. The Morgan fingerprint density at radius 3 is 1.96 bits per heavy atom. The van der Waals surface area contributed by atoms with Gasteiger partial charge < -0.3 is 39.6 Å². The van der Waals surface area contributed by atoms with Crippen molar-refractivity contribution in [2.45, 2.75) is 64.2 Å². The van der Waals surface area contributed by atoms with Crippen LogP contribution in [-0.4, -0.2) is 109 Å². The lowest BCUT2D eigenvalue weighted by molar-refractivity contribution is -0.401. The van der Waals surface area contributed by atoms with E-state index in [4.69, 9.17) is 29.4 Å². The second kappa shape index (κ2) is 22.7. The highest BCUT2D eigenvalue weighted by Crippen LogP contribution is 2.47. The number of hydrogen-bond acceptors (Lipinski definition) is 8. The summed E-state index contributed by atoms with van der Waals surface area (Å²) in [6.45, 7) is 16.3. The highest BCUT2D eigenvalue weighted by atomic mass is 16.6. The van der Waals surface area contributed by atoms with Gasteiger partial charge in [0.05, 0.1) is 71.5 Å². The first-order valence-corrected chi connectivity index (χ1v) is 19.7. The molecule has 296 valence electrons. The summed E-state index contributed by atoms with van der Waals surface area (Å²) in [7, 11) is 2.15. The summed E-state index contributed by atoms with van der Waals surface area (Å²) in [5.74, 6) is 0.0692. The van der Waals surface area contributed by atoms with Crippen LogP contribution in [0.15, 0.2) is 84.6 Å². The summed E-state index contributed by atoms with van der Waals surface area (Å²) in [4.78, 5) is 14.9. The number of unbranched alkanes of at least 4 members (excludes halogenated alkanes) is 2. The molecule has 0 aliphatic carbocycles. The molecule has 0 spiro atoms. The minimum absolute atomic E-state index is 0.0410. The topological polar surface area (TPSA) is 108 Å². The molecule has 2 aromatic carbocycles. The van der Waals surface area contributed by atoms with Crippen LogP contribution in [0.1, 0.15) is 64.5 Å². The molecule has 0 atom stereocenters. The zero-order valence-corrected chi connectivity index (χ0v) is 33.4. The highest BCUT2D eigenvalue weighted by molar-refractivity contribution is 6.03. The van der Waals surface area contributed by atoms with E-state index in [0.29, 0.717) is 85.6 Å². The molecule has 0 radical (unpaired) electrons. The first-order valence-electron chi connectivity index (χ1n) is 19.7. The SMILES string of the molecule is C[N+]1=C(\C=C/C=C/C=C2/N(CCCCCC(=O)NCCOCCOCCOCCOCCOCCN)c3ccccc3C2(C)C)C(C)(C)c2ccccc21. The molecule has 0 bridgehead atoms. The van der Waals surface area contributed by atoms with Crippen molar-refractivity contribution in [3.63, 3.8) is 0 Å². The number of allylic oxidation sites excluding steroid dienone is 6. The number of para-hydroxylation sites is 2. The summed E-state index contributed by atoms with van der Waals surface area (Å²) in [5, 5.41) is 2.97. The zero-order chi connectivity index (χ0) is 38.7. The number of benzene rings is 2. The summed E-state index contributed by atoms with van der Waals surface area (Å²) in [5.41, 5.74) is 13.1. The molecule has 54 heavy (non-hydrogen) atoms. The molecule has 2 aliphatic heterocycles. The molecule has 0 aromatic heterocycles. The van der Waals surface area contributed by atoms with Gasteiger partial charge in [-0.1, -0.05) is 74.9 Å². The number of hydrogen-bond donors (Lipinski definition) is 2. The second-order valence-corrected chi connectivity index (χ2v) is 14.7. The van der Waals surface area contributed by atoms with Gasteiger partial charge in [0, 0.05) is 60.6 Å². The van der Waals surface area contributed by atoms with Crippen molar-refractivity contribution in [1.29, 1.82) is 0 Å². The molecule has 4 rings (SSSR count). The van der Waals surface area contributed by atoms with E-state index in [-0.39, 0.29) is 16.7 Å². The maximum Gasteiger partial charge on any atom is 0.220 e. The summed E-state index contributed by atoms with van der Waals surface area (Å²) in [6.07, 6.45) is 14.3. The fourth-order valence-electron chi connectivity index (χ4n) is 7.19. The number of amides is 1. The molecule has 0 saturated heterocycles. The number of nitrogens with two attached hydrogens (primary N) is 1. The molecule has 2 heterocycles. The molecular weight excluding hydrogens is 681 g/mol. The Morgan fingerprint density at radius 1 is 0.722 bits per heavy atom. The molecular formula is C44H65N4O6+. The van der Waals surface area contributed by atoms with Gasteiger partial charge in [-0.3, -0.25) is 4.79 Å². The van der Waals surface area contributed by atoms with Crippen LogP contribution >= 0.6 is 0 Å². The fourth-order valence-corrected chi connectivity index (χ4v) is 7.19. The van der Waals surface area contributed by atoms with Gasteiger partial charge in [-0.15, -0.1) is 0 Å². The van der Waals surface area contributed by atoms with Crippen LogP contribution in [0.4, 0.5) is 11.4 Å². The Labute approximate surface area is 324 Å². The van der Waals surface area contributed by atoms with Gasteiger partial charge in [0.15, 0.2) is 5.71 Å². The van der Waals surface area contributed by atoms with Crippen molar-refractivity contribution in [3.05, 3.63) is 95.7 Å². The summed E-state index contributed by atoms with van der Waals surface area (Å²) < 4.78 is 29.5. The molecule has 0 unspecified atom stereocenters. The number of carbonyl (C=O) groups excluding carboxylic acids is 1. The number of fused-ring (bicyclic) bond motifs is 2. The van der Waals surface area contributed by atoms with Crippen molar-refractivity contribution in [2.75, 3.05) is 97.7 Å². The Kier molecular flexibility index (Phi) is 18.1. The van der Waals surface area contributed by atoms with Crippen molar-refractivity contribution >= 4 is 23.0 Å². The third-order valence-electron chi connectivity index (χ3n) is 10.1. The second-order valence-electron chi connectivity index (χ2n) is 14.7. The van der Waals surface area contributed by atoms with E-state index < -0.39 is 0 Å². The minimum Gasteiger partial charge on any atom is -0.378 e. The molecule has 0 saturated carbocycles. The van der Waals surface area contributed by atoms with Crippen LogP contribution in [0.25, 0.3) is 0 Å². The quantitative estimate of drug-likeness (QED) is 0.0666. The number of carbonyl (C=O) groups is 1. The number of nitrogens with zero attached hydrogens (tertiary/aromatic N) is 2. The molecule has 10 nitrogen and oxygen atoms in total. The lowest BCUT2D eigenvalue weighted by atomic mass is 9.81. The minimum atomic E-state index is -0.103. The lowest BCUT2D eigenvalue weighted by Gasteiger charge is -2.27. The van der Waals surface area contributed by atoms with Gasteiger partial charge in [-0.2, -0.15) is 4.58 Å². The van der Waals surface area contributed by atoms with Gasteiger partial charge in [-0.25, -0.2) is 0 Å². The average Bonchev–Trinajstić information content (AvgIpc) is 3.50. The van der Waals surface area contributed by atoms with Crippen LogP contribution in [-0.2, 0) is 39.3 Å². The number of nitrogens with one attached hydrogen (secondary N) is 1. The van der Waals surface area contributed by atoms with Gasteiger partial charge >= 0.3 is 0 Å². The Balaban J connectivity index is 1.10. The van der Waals surface area contributed by atoms with Gasteiger partial charge in [0.1, 0.15) is 7.05 Å². The van der Waals surface area contributed by atoms with Crippen molar-refractivity contribution in [3.8, 4) is 0 Å². The maximum absolute atomic E-state index is 12.4. The fraction of sp³-hybridized carbons (Fsp3) is 0.545. The Bertz CT molecular complexity index is 1580. The first-order chi connectivity index (χ1) is 26.2. The van der Waals surface area contributed by atoms with Crippen LogP contribution in [0, 0.1) is 0 Å². The third-order valence-corrected chi connectivity index (χ3v) is 10.1. The van der Waals surface area contributed by atoms with E-state index in [1.165, 1.54) is 33.9 Å². The van der Waals surface area contributed by atoms with E-state index in [0.717, 1.165) is 25.8 Å².